The fraction of sp³-hybridized carbons (Fsp3) is 0.893. The van der Waals surface area contributed by atoms with Crippen molar-refractivity contribution in [1.82, 2.24) is 0 Å². The van der Waals surface area contributed by atoms with Crippen molar-refractivity contribution in [2.24, 2.45) is 34.5 Å². The number of fused-ring (bicyclic) bond motifs is 5. The Morgan fingerprint density at radius 1 is 1.06 bits per heavy atom. The van der Waals surface area contributed by atoms with Gasteiger partial charge < -0.3 is 30.6 Å². The molecule has 35 heavy (non-hydrogen) atoms. The van der Waals surface area contributed by atoms with Gasteiger partial charge in [0.05, 0.1) is 35.1 Å². The van der Waals surface area contributed by atoms with Gasteiger partial charge in [-0.3, -0.25) is 4.79 Å². The number of carbonyl (C=O) groups is 1. The predicted octanol–water partition coefficient (Wildman–Crippen LogP) is 2.10. The molecule has 0 heterocycles. The summed E-state index contributed by atoms with van der Waals surface area (Å²) in [6, 6.07) is 0. The maximum absolute atomic E-state index is 13.3. The summed E-state index contributed by atoms with van der Waals surface area (Å²) < 4.78 is 0. The van der Waals surface area contributed by atoms with E-state index < -0.39 is 57.8 Å². The molecule has 0 aliphatic heterocycles. The molecule has 200 valence electrons. The van der Waals surface area contributed by atoms with Crippen LogP contribution in [0, 0.1) is 34.5 Å². The van der Waals surface area contributed by atoms with Crippen LogP contribution < -0.4 is 0 Å². The van der Waals surface area contributed by atoms with E-state index in [0.29, 0.717) is 37.7 Å². The topological polar surface area (TPSA) is 138 Å². The van der Waals surface area contributed by atoms with E-state index in [4.69, 9.17) is 0 Å². The quantitative estimate of drug-likeness (QED) is 0.344. The van der Waals surface area contributed by atoms with Gasteiger partial charge in [0.2, 0.25) is 0 Å². The van der Waals surface area contributed by atoms with E-state index in [1.807, 2.05) is 20.8 Å². The monoisotopic (exact) mass is 494 g/mol. The number of ketones is 1. The van der Waals surface area contributed by atoms with E-state index >= 15 is 0 Å². The molecule has 11 unspecified atom stereocenters. The number of aliphatic hydroxyl groups is 6. The molecule has 0 radical (unpaired) electrons. The standard InChI is InChI=1S/C28H46O7/c1-15(24(2,3)33)11-23(32)27(6,34)21-8-10-28(35)18-14-20(30)19-12-16(29)13-22(31)26(19,5)17(18)7-9-25(21,28)4/h14-17,19,21-23,29,31-35H,7-13H2,1-6H3. The predicted molar refractivity (Wildman–Crippen MR) is 131 cm³/mol. The van der Waals surface area contributed by atoms with E-state index in [-0.39, 0.29) is 30.5 Å². The molecule has 6 N–H and O–H groups in total. The van der Waals surface area contributed by atoms with Gasteiger partial charge >= 0.3 is 0 Å². The lowest BCUT2D eigenvalue weighted by Crippen LogP contribution is -2.64. The Morgan fingerprint density at radius 3 is 2.29 bits per heavy atom. The number of rotatable bonds is 5. The average Bonchev–Trinajstić information content (AvgIpc) is 3.02. The summed E-state index contributed by atoms with van der Waals surface area (Å²) in [5.41, 5.74) is -4.68. The summed E-state index contributed by atoms with van der Waals surface area (Å²) in [6.45, 7) is 10.7. The molecule has 0 aromatic heterocycles. The molecule has 3 saturated carbocycles. The van der Waals surface area contributed by atoms with Gasteiger partial charge in [-0.15, -0.1) is 0 Å². The molecule has 11 atom stereocenters. The van der Waals surface area contributed by atoms with Crippen LogP contribution in [0.25, 0.3) is 0 Å². The largest absolute Gasteiger partial charge is 0.393 e. The fourth-order valence-corrected chi connectivity index (χ4v) is 8.40. The lowest BCUT2D eigenvalue weighted by Gasteiger charge is -2.61. The zero-order valence-corrected chi connectivity index (χ0v) is 22.2. The van der Waals surface area contributed by atoms with E-state index in [9.17, 15) is 35.4 Å². The third kappa shape index (κ3) is 3.79. The molecule has 0 amide bonds. The van der Waals surface area contributed by atoms with Crippen LogP contribution in [0.5, 0.6) is 0 Å². The Morgan fingerprint density at radius 2 is 1.69 bits per heavy atom. The van der Waals surface area contributed by atoms with E-state index in [2.05, 4.69) is 0 Å². The van der Waals surface area contributed by atoms with Crippen LogP contribution in [0.4, 0.5) is 0 Å². The van der Waals surface area contributed by atoms with Crippen LogP contribution in [-0.2, 0) is 4.79 Å². The number of hydrogen-bond acceptors (Lipinski definition) is 7. The van der Waals surface area contributed by atoms with Gasteiger partial charge in [-0.05, 0) is 95.1 Å². The summed E-state index contributed by atoms with van der Waals surface area (Å²) in [4.78, 5) is 13.3. The van der Waals surface area contributed by atoms with E-state index in [1.165, 1.54) is 0 Å². The molecule has 4 rings (SSSR count). The van der Waals surface area contributed by atoms with Crippen molar-refractivity contribution < 1.29 is 35.4 Å². The van der Waals surface area contributed by atoms with Crippen LogP contribution in [0.1, 0.15) is 86.5 Å². The van der Waals surface area contributed by atoms with Crippen LogP contribution in [0.15, 0.2) is 11.6 Å². The highest BCUT2D eigenvalue weighted by Crippen LogP contribution is 2.68. The van der Waals surface area contributed by atoms with Crippen LogP contribution in [0.2, 0.25) is 0 Å². The molecule has 0 spiro atoms. The summed E-state index contributed by atoms with van der Waals surface area (Å²) in [5, 5.41) is 66.7. The van der Waals surface area contributed by atoms with Crippen molar-refractivity contribution >= 4 is 5.78 Å². The third-order valence-corrected chi connectivity index (χ3v) is 11.3. The number of carbonyl (C=O) groups excluding carboxylic acids is 1. The molecular weight excluding hydrogens is 448 g/mol. The number of hydrogen-bond donors (Lipinski definition) is 6. The Labute approximate surface area is 209 Å². The van der Waals surface area contributed by atoms with Crippen molar-refractivity contribution in [2.45, 2.75) is 122 Å². The number of allylic oxidation sites excluding steroid dienone is 1. The zero-order valence-electron chi connectivity index (χ0n) is 22.2. The average molecular weight is 495 g/mol. The van der Waals surface area contributed by atoms with Crippen LogP contribution in [-0.4, -0.2) is 71.5 Å². The van der Waals surface area contributed by atoms with Gasteiger partial charge in [-0.25, -0.2) is 0 Å². The van der Waals surface area contributed by atoms with Crippen molar-refractivity contribution in [2.75, 3.05) is 0 Å². The van der Waals surface area contributed by atoms with Gasteiger partial charge in [0, 0.05) is 16.7 Å². The highest BCUT2D eigenvalue weighted by Gasteiger charge is 2.69. The summed E-state index contributed by atoms with van der Waals surface area (Å²) in [6.07, 6.45) is 1.81. The van der Waals surface area contributed by atoms with Crippen LogP contribution in [0.3, 0.4) is 0 Å². The molecule has 7 nitrogen and oxygen atoms in total. The first-order valence-electron chi connectivity index (χ1n) is 13.4. The minimum absolute atomic E-state index is 0.150. The van der Waals surface area contributed by atoms with Crippen molar-refractivity contribution in [3.63, 3.8) is 0 Å². The summed E-state index contributed by atoms with van der Waals surface area (Å²) >= 11 is 0. The van der Waals surface area contributed by atoms with Gasteiger partial charge in [-0.2, -0.15) is 0 Å². The molecule has 0 saturated heterocycles. The Balaban J connectivity index is 1.68. The molecule has 7 heteroatoms. The smallest absolute Gasteiger partial charge is 0.159 e. The van der Waals surface area contributed by atoms with Crippen molar-refractivity contribution in [3.05, 3.63) is 11.6 Å². The fourth-order valence-electron chi connectivity index (χ4n) is 8.40. The summed E-state index contributed by atoms with van der Waals surface area (Å²) in [7, 11) is 0. The van der Waals surface area contributed by atoms with Gasteiger partial charge in [0.1, 0.15) is 0 Å². The lowest BCUT2D eigenvalue weighted by atomic mass is 9.45. The first-order valence-corrected chi connectivity index (χ1v) is 13.4. The molecule has 0 aromatic rings. The zero-order chi connectivity index (χ0) is 26.4. The maximum Gasteiger partial charge on any atom is 0.159 e. The van der Waals surface area contributed by atoms with Crippen LogP contribution >= 0.6 is 0 Å². The van der Waals surface area contributed by atoms with E-state index in [0.717, 1.165) is 0 Å². The lowest BCUT2D eigenvalue weighted by molar-refractivity contribution is -0.184. The molecule has 4 aliphatic rings. The highest BCUT2D eigenvalue weighted by molar-refractivity contribution is 5.95. The second-order valence-electron chi connectivity index (χ2n) is 13.6. The van der Waals surface area contributed by atoms with Crippen molar-refractivity contribution in [3.8, 4) is 0 Å². The molecule has 3 fully saturated rings. The second-order valence-corrected chi connectivity index (χ2v) is 13.6. The first kappa shape index (κ1) is 27.2. The van der Waals surface area contributed by atoms with E-state index in [1.54, 1.807) is 26.8 Å². The minimum atomic E-state index is -1.49. The van der Waals surface area contributed by atoms with Gasteiger partial charge in [-0.1, -0.05) is 20.8 Å². The summed E-state index contributed by atoms with van der Waals surface area (Å²) in [5.74, 6) is -1.47. The third-order valence-electron chi connectivity index (χ3n) is 11.3. The normalized spacial score (nSPS) is 47.1. The number of aliphatic hydroxyl groups excluding tert-OH is 3. The molecule has 4 aliphatic carbocycles. The maximum atomic E-state index is 13.3. The van der Waals surface area contributed by atoms with Gasteiger partial charge in [0.25, 0.3) is 0 Å². The SMILES string of the molecule is CC(CC(O)C(C)(O)C1CCC2(O)C3=CC(=O)C4CC(O)CC(O)C4(C)C3CCC12C)C(C)(C)O. The molecule has 0 aromatic carbocycles. The Bertz CT molecular complexity index is 890. The molecule has 0 bridgehead atoms. The minimum Gasteiger partial charge on any atom is -0.393 e. The second kappa shape index (κ2) is 8.34. The van der Waals surface area contributed by atoms with Gasteiger partial charge in [0.15, 0.2) is 5.78 Å². The Kier molecular flexibility index (Phi) is 6.48. The highest BCUT2D eigenvalue weighted by atomic mass is 16.3. The molecular formula is C28H46O7. The Hall–Kier alpha value is -0.830. The van der Waals surface area contributed by atoms with Crippen molar-refractivity contribution in [1.29, 1.82) is 0 Å². The first-order chi connectivity index (χ1) is 15.9.